The Balaban J connectivity index is 2.28. The Hall–Kier alpha value is -1.08. The predicted molar refractivity (Wildman–Crippen MR) is 64.8 cm³/mol. The molecule has 1 aromatic carbocycles. The lowest BCUT2D eigenvalue weighted by Gasteiger charge is -2.16. The van der Waals surface area contributed by atoms with E-state index in [4.69, 9.17) is 5.73 Å². The molecule has 1 unspecified atom stereocenters. The molecule has 0 radical (unpaired) electrons. The zero-order valence-electron chi connectivity index (χ0n) is 9.59. The van der Waals surface area contributed by atoms with Crippen molar-refractivity contribution in [1.29, 1.82) is 0 Å². The number of hydrogen-bond acceptors (Lipinski definition) is 1. The first-order valence-electron chi connectivity index (χ1n) is 5.70. The lowest BCUT2D eigenvalue weighted by atomic mass is 9.94. The smallest absolute Gasteiger partial charge is 0.0513 e. The average molecular weight is 201 g/mol. The maximum Gasteiger partial charge on any atom is 0.0513 e. The van der Waals surface area contributed by atoms with E-state index in [-0.39, 0.29) is 6.04 Å². The first-order chi connectivity index (χ1) is 7.18. The molecule has 1 aliphatic carbocycles. The third-order valence-electron chi connectivity index (χ3n) is 3.24. The van der Waals surface area contributed by atoms with Crippen LogP contribution in [0.25, 0.3) is 0 Å². The topological polar surface area (TPSA) is 26.0 Å². The van der Waals surface area contributed by atoms with Crippen molar-refractivity contribution in [1.82, 2.24) is 0 Å². The summed E-state index contributed by atoms with van der Waals surface area (Å²) >= 11 is 0. The molecule has 0 spiro atoms. The normalized spacial score (nSPS) is 17.7. The Morgan fingerprint density at radius 2 is 2.07 bits per heavy atom. The SMILES string of the molecule is Cc1ccc(C(N)C2=CCCC2)c(C)c1. The molecule has 1 aromatic rings. The van der Waals surface area contributed by atoms with E-state index in [1.165, 1.54) is 41.5 Å². The van der Waals surface area contributed by atoms with Gasteiger partial charge in [-0.3, -0.25) is 0 Å². The van der Waals surface area contributed by atoms with E-state index in [2.05, 4.69) is 38.1 Å². The van der Waals surface area contributed by atoms with Crippen LogP contribution in [0.3, 0.4) is 0 Å². The van der Waals surface area contributed by atoms with Crippen molar-refractivity contribution < 1.29 is 0 Å². The van der Waals surface area contributed by atoms with E-state index in [1.54, 1.807) is 0 Å². The Morgan fingerprint density at radius 3 is 2.67 bits per heavy atom. The first kappa shape index (κ1) is 10.4. The first-order valence-corrected chi connectivity index (χ1v) is 5.70. The minimum absolute atomic E-state index is 0.119. The zero-order chi connectivity index (χ0) is 10.8. The highest BCUT2D eigenvalue weighted by Gasteiger charge is 2.16. The van der Waals surface area contributed by atoms with Crippen molar-refractivity contribution in [2.75, 3.05) is 0 Å². The molecule has 1 nitrogen and oxygen atoms in total. The van der Waals surface area contributed by atoms with Crippen LogP contribution in [0.1, 0.15) is 42.0 Å². The van der Waals surface area contributed by atoms with Gasteiger partial charge in [-0.2, -0.15) is 0 Å². The molecule has 1 heteroatoms. The van der Waals surface area contributed by atoms with Gasteiger partial charge in [-0.05, 0) is 44.2 Å². The Labute approximate surface area is 92.0 Å². The largest absolute Gasteiger partial charge is 0.321 e. The molecular weight excluding hydrogens is 182 g/mol. The molecule has 0 amide bonds. The van der Waals surface area contributed by atoms with Crippen LogP contribution in [-0.2, 0) is 0 Å². The molecule has 2 N–H and O–H groups in total. The average Bonchev–Trinajstić information content (AvgIpc) is 2.69. The summed E-state index contributed by atoms with van der Waals surface area (Å²) in [7, 11) is 0. The number of nitrogens with two attached hydrogens (primary N) is 1. The highest BCUT2D eigenvalue weighted by atomic mass is 14.6. The molecule has 0 bridgehead atoms. The Kier molecular flexibility index (Phi) is 2.92. The lowest BCUT2D eigenvalue weighted by Crippen LogP contribution is -2.13. The maximum atomic E-state index is 6.28. The molecule has 0 saturated heterocycles. The van der Waals surface area contributed by atoms with Crippen LogP contribution in [0.2, 0.25) is 0 Å². The van der Waals surface area contributed by atoms with Crippen LogP contribution in [0.15, 0.2) is 29.8 Å². The van der Waals surface area contributed by atoms with Gasteiger partial charge < -0.3 is 5.73 Å². The number of allylic oxidation sites excluding steroid dienone is 1. The number of aryl methyl sites for hydroxylation is 2. The molecule has 1 aliphatic rings. The number of benzene rings is 1. The quantitative estimate of drug-likeness (QED) is 0.729. The third kappa shape index (κ3) is 2.13. The summed E-state index contributed by atoms with van der Waals surface area (Å²) in [6.07, 6.45) is 5.96. The summed E-state index contributed by atoms with van der Waals surface area (Å²) in [5.74, 6) is 0. The predicted octanol–water partition coefficient (Wildman–Crippen LogP) is 3.41. The molecule has 0 heterocycles. The van der Waals surface area contributed by atoms with E-state index < -0.39 is 0 Å². The Morgan fingerprint density at radius 1 is 1.27 bits per heavy atom. The second kappa shape index (κ2) is 4.19. The highest BCUT2D eigenvalue weighted by molar-refractivity contribution is 5.37. The molecule has 2 rings (SSSR count). The second-order valence-electron chi connectivity index (χ2n) is 4.51. The number of hydrogen-bond donors (Lipinski definition) is 1. The maximum absolute atomic E-state index is 6.28. The van der Waals surface area contributed by atoms with Crippen LogP contribution in [-0.4, -0.2) is 0 Å². The second-order valence-corrected chi connectivity index (χ2v) is 4.51. The van der Waals surface area contributed by atoms with Gasteiger partial charge in [0.05, 0.1) is 6.04 Å². The van der Waals surface area contributed by atoms with E-state index in [9.17, 15) is 0 Å². The van der Waals surface area contributed by atoms with Gasteiger partial charge in [-0.1, -0.05) is 35.4 Å². The summed E-state index contributed by atoms with van der Waals surface area (Å²) in [5.41, 5.74) is 11.6. The summed E-state index contributed by atoms with van der Waals surface area (Å²) in [6, 6.07) is 6.66. The van der Waals surface area contributed by atoms with E-state index in [1.807, 2.05) is 0 Å². The highest BCUT2D eigenvalue weighted by Crippen LogP contribution is 2.30. The van der Waals surface area contributed by atoms with Gasteiger partial charge in [0, 0.05) is 0 Å². The molecule has 0 fully saturated rings. The van der Waals surface area contributed by atoms with E-state index >= 15 is 0 Å². The van der Waals surface area contributed by atoms with Crippen molar-refractivity contribution in [3.8, 4) is 0 Å². The fourth-order valence-corrected chi connectivity index (χ4v) is 2.35. The van der Waals surface area contributed by atoms with Gasteiger partial charge in [0.1, 0.15) is 0 Å². The van der Waals surface area contributed by atoms with Crippen molar-refractivity contribution in [3.63, 3.8) is 0 Å². The van der Waals surface area contributed by atoms with Crippen LogP contribution >= 0.6 is 0 Å². The standard InChI is InChI=1S/C14H19N/c1-10-7-8-13(11(2)9-10)14(15)12-5-3-4-6-12/h5,7-9,14H,3-4,6,15H2,1-2H3. The molecular formula is C14H19N. The van der Waals surface area contributed by atoms with Crippen LogP contribution < -0.4 is 5.73 Å². The van der Waals surface area contributed by atoms with E-state index in [0.717, 1.165) is 0 Å². The van der Waals surface area contributed by atoms with Crippen molar-refractivity contribution in [2.24, 2.45) is 5.73 Å². The van der Waals surface area contributed by atoms with Gasteiger partial charge in [-0.15, -0.1) is 0 Å². The Bertz CT molecular complexity index is 390. The van der Waals surface area contributed by atoms with Crippen molar-refractivity contribution in [2.45, 2.75) is 39.2 Å². The monoisotopic (exact) mass is 201 g/mol. The van der Waals surface area contributed by atoms with Gasteiger partial charge >= 0.3 is 0 Å². The zero-order valence-corrected chi connectivity index (χ0v) is 9.59. The fourth-order valence-electron chi connectivity index (χ4n) is 2.35. The van der Waals surface area contributed by atoms with Gasteiger partial charge in [0.25, 0.3) is 0 Å². The van der Waals surface area contributed by atoms with E-state index in [0.29, 0.717) is 0 Å². The van der Waals surface area contributed by atoms with Gasteiger partial charge in [0.2, 0.25) is 0 Å². The molecule has 0 saturated carbocycles. The van der Waals surface area contributed by atoms with Crippen molar-refractivity contribution >= 4 is 0 Å². The molecule has 0 aliphatic heterocycles. The molecule has 0 aromatic heterocycles. The molecule has 1 atom stereocenters. The minimum Gasteiger partial charge on any atom is -0.321 e. The lowest BCUT2D eigenvalue weighted by molar-refractivity contribution is 0.779. The number of rotatable bonds is 2. The van der Waals surface area contributed by atoms with Gasteiger partial charge in [0.15, 0.2) is 0 Å². The van der Waals surface area contributed by atoms with Gasteiger partial charge in [-0.25, -0.2) is 0 Å². The molecule has 15 heavy (non-hydrogen) atoms. The summed E-state index contributed by atoms with van der Waals surface area (Å²) in [6.45, 7) is 4.27. The molecule has 80 valence electrons. The van der Waals surface area contributed by atoms with Crippen molar-refractivity contribution in [3.05, 3.63) is 46.5 Å². The van der Waals surface area contributed by atoms with Crippen LogP contribution in [0.4, 0.5) is 0 Å². The van der Waals surface area contributed by atoms with Crippen LogP contribution in [0, 0.1) is 13.8 Å². The van der Waals surface area contributed by atoms with Crippen LogP contribution in [0.5, 0.6) is 0 Å². The summed E-state index contributed by atoms with van der Waals surface area (Å²) < 4.78 is 0. The summed E-state index contributed by atoms with van der Waals surface area (Å²) in [4.78, 5) is 0. The fraction of sp³-hybridized carbons (Fsp3) is 0.429. The third-order valence-corrected chi connectivity index (χ3v) is 3.24. The summed E-state index contributed by atoms with van der Waals surface area (Å²) in [5, 5.41) is 0. The minimum atomic E-state index is 0.119.